The molecule has 0 aromatic rings. The lowest BCUT2D eigenvalue weighted by atomic mass is 9.53. The Morgan fingerprint density at radius 2 is 1.46 bits per heavy atom. The van der Waals surface area contributed by atoms with Gasteiger partial charge in [-0.05, 0) is 76.2 Å². The summed E-state index contributed by atoms with van der Waals surface area (Å²) >= 11 is 0. The fraction of sp³-hybridized carbons (Fsp3) is 0.842. The lowest BCUT2D eigenvalue weighted by molar-refractivity contribution is -0.124. The molecular weight excluding hydrogens is 332 g/mol. The van der Waals surface area contributed by atoms with Crippen LogP contribution >= 0.6 is 0 Å². The second-order valence-corrected chi connectivity index (χ2v) is 9.21. The van der Waals surface area contributed by atoms with E-state index in [0.717, 1.165) is 49.9 Å². The van der Waals surface area contributed by atoms with E-state index in [1.165, 1.54) is 19.3 Å². The smallest absolute Gasteiger partial charge is 0.321 e. The van der Waals surface area contributed by atoms with Crippen molar-refractivity contribution >= 4 is 17.8 Å². The second-order valence-electron chi connectivity index (χ2n) is 9.21. The predicted octanol–water partition coefficient (Wildman–Crippen LogP) is 0.991. The van der Waals surface area contributed by atoms with Crippen LogP contribution in [0.1, 0.15) is 51.4 Å². The van der Waals surface area contributed by atoms with Crippen molar-refractivity contribution in [1.82, 2.24) is 20.9 Å². The SMILES string of the molecule is CN(CC(=O)NC(=O)NC12CC3CC(CC(C3)C1)C2)CC(=O)NC1CC1. The van der Waals surface area contributed by atoms with E-state index in [-0.39, 0.29) is 36.5 Å². The molecule has 4 amide bonds. The molecule has 5 aliphatic carbocycles. The summed E-state index contributed by atoms with van der Waals surface area (Å²) in [5.41, 5.74) is -0.102. The number of hydrogen-bond acceptors (Lipinski definition) is 4. The molecular formula is C19H30N4O3. The van der Waals surface area contributed by atoms with E-state index in [2.05, 4.69) is 16.0 Å². The van der Waals surface area contributed by atoms with Crippen molar-refractivity contribution in [1.29, 1.82) is 0 Å². The van der Waals surface area contributed by atoms with Gasteiger partial charge >= 0.3 is 6.03 Å². The van der Waals surface area contributed by atoms with Crippen molar-refractivity contribution in [2.75, 3.05) is 20.1 Å². The van der Waals surface area contributed by atoms with E-state index in [1.54, 1.807) is 11.9 Å². The van der Waals surface area contributed by atoms with Crippen LogP contribution in [0.15, 0.2) is 0 Å². The van der Waals surface area contributed by atoms with Gasteiger partial charge in [-0.1, -0.05) is 0 Å². The summed E-state index contributed by atoms with van der Waals surface area (Å²) in [7, 11) is 1.71. The number of nitrogens with one attached hydrogen (secondary N) is 3. The zero-order valence-electron chi connectivity index (χ0n) is 15.6. The number of carbonyl (C=O) groups excluding carboxylic acids is 3. The zero-order valence-corrected chi connectivity index (χ0v) is 15.6. The van der Waals surface area contributed by atoms with Gasteiger partial charge in [0.25, 0.3) is 0 Å². The fourth-order valence-corrected chi connectivity index (χ4v) is 5.75. The molecule has 0 aromatic carbocycles. The van der Waals surface area contributed by atoms with Gasteiger partial charge in [-0.25, -0.2) is 4.79 Å². The van der Waals surface area contributed by atoms with Crippen LogP contribution in [0, 0.1) is 17.8 Å². The summed E-state index contributed by atoms with van der Waals surface area (Å²) in [6, 6.07) is -0.0661. The molecule has 0 atom stereocenters. The van der Waals surface area contributed by atoms with Crippen molar-refractivity contribution in [3.63, 3.8) is 0 Å². The number of urea groups is 1. The molecule has 7 heteroatoms. The average molecular weight is 362 g/mol. The topological polar surface area (TPSA) is 90.5 Å². The first kappa shape index (κ1) is 17.8. The lowest BCUT2D eigenvalue weighted by Gasteiger charge is -2.56. The van der Waals surface area contributed by atoms with Crippen LogP contribution in [-0.4, -0.2) is 54.5 Å². The molecule has 0 unspecified atom stereocenters. The second kappa shape index (κ2) is 6.83. The molecule has 26 heavy (non-hydrogen) atoms. The quantitative estimate of drug-likeness (QED) is 0.657. The molecule has 4 bridgehead atoms. The normalized spacial score (nSPS) is 34.6. The number of likely N-dealkylation sites (N-methyl/N-ethyl adjacent to an activating group) is 1. The van der Waals surface area contributed by atoms with Crippen molar-refractivity contribution in [3.05, 3.63) is 0 Å². The molecule has 0 radical (unpaired) electrons. The van der Waals surface area contributed by atoms with Crippen molar-refractivity contribution in [3.8, 4) is 0 Å². The molecule has 5 aliphatic rings. The van der Waals surface area contributed by atoms with Crippen LogP contribution < -0.4 is 16.0 Å². The Morgan fingerprint density at radius 1 is 0.923 bits per heavy atom. The third-order valence-corrected chi connectivity index (χ3v) is 6.44. The first-order valence-electron chi connectivity index (χ1n) is 9.99. The highest BCUT2D eigenvalue weighted by molar-refractivity contribution is 5.95. The highest BCUT2D eigenvalue weighted by atomic mass is 16.2. The van der Waals surface area contributed by atoms with Crippen molar-refractivity contribution in [2.24, 2.45) is 17.8 Å². The van der Waals surface area contributed by atoms with Gasteiger partial charge in [0.05, 0.1) is 13.1 Å². The lowest BCUT2D eigenvalue weighted by Crippen LogP contribution is -2.62. The summed E-state index contributed by atoms with van der Waals surface area (Å²) in [5, 5.41) is 8.48. The Labute approximate surface area is 154 Å². The van der Waals surface area contributed by atoms with Gasteiger partial charge in [-0.15, -0.1) is 0 Å². The third kappa shape index (κ3) is 4.19. The number of amides is 4. The molecule has 144 valence electrons. The van der Waals surface area contributed by atoms with Crippen LogP contribution in [0.5, 0.6) is 0 Å². The minimum atomic E-state index is -0.382. The van der Waals surface area contributed by atoms with Crippen molar-refractivity contribution in [2.45, 2.75) is 62.9 Å². The fourth-order valence-electron chi connectivity index (χ4n) is 5.75. The maximum absolute atomic E-state index is 12.4. The maximum atomic E-state index is 12.4. The molecule has 0 aliphatic heterocycles. The first-order valence-corrected chi connectivity index (χ1v) is 9.99. The van der Waals surface area contributed by atoms with E-state index < -0.39 is 0 Å². The van der Waals surface area contributed by atoms with Crippen LogP contribution in [0.4, 0.5) is 4.79 Å². The molecule has 0 saturated heterocycles. The first-order chi connectivity index (χ1) is 12.4. The molecule has 0 aromatic heterocycles. The van der Waals surface area contributed by atoms with Gasteiger partial charge in [-0.3, -0.25) is 19.8 Å². The minimum absolute atomic E-state index is 0.0341. The van der Waals surface area contributed by atoms with Gasteiger partial charge in [0.1, 0.15) is 0 Å². The van der Waals surface area contributed by atoms with E-state index in [1.807, 2.05) is 0 Å². The predicted molar refractivity (Wildman–Crippen MR) is 96.2 cm³/mol. The Bertz CT molecular complexity index is 566. The summed E-state index contributed by atoms with van der Waals surface area (Å²) in [6.07, 6.45) is 9.20. The Kier molecular flexibility index (Phi) is 4.67. The number of carbonyl (C=O) groups is 3. The van der Waals surface area contributed by atoms with E-state index in [0.29, 0.717) is 6.04 Å². The zero-order chi connectivity index (χ0) is 18.3. The monoisotopic (exact) mass is 362 g/mol. The van der Waals surface area contributed by atoms with E-state index in [4.69, 9.17) is 0 Å². The molecule has 3 N–H and O–H groups in total. The molecule has 5 saturated carbocycles. The summed E-state index contributed by atoms with van der Waals surface area (Å²) in [6.45, 7) is 0.201. The van der Waals surface area contributed by atoms with Crippen molar-refractivity contribution < 1.29 is 14.4 Å². The Morgan fingerprint density at radius 3 is 2.00 bits per heavy atom. The highest BCUT2D eigenvalue weighted by Gasteiger charge is 2.51. The number of rotatable bonds is 6. The number of hydrogen-bond donors (Lipinski definition) is 3. The Balaban J connectivity index is 1.21. The van der Waals surface area contributed by atoms with E-state index >= 15 is 0 Å². The number of nitrogens with zero attached hydrogens (tertiary/aromatic N) is 1. The van der Waals surface area contributed by atoms with Gasteiger partial charge in [0.15, 0.2) is 0 Å². The van der Waals surface area contributed by atoms with Gasteiger partial charge in [0.2, 0.25) is 11.8 Å². The Hall–Kier alpha value is -1.63. The number of imide groups is 1. The molecule has 7 nitrogen and oxygen atoms in total. The highest BCUT2D eigenvalue weighted by Crippen LogP contribution is 2.55. The van der Waals surface area contributed by atoms with E-state index in [9.17, 15) is 14.4 Å². The largest absolute Gasteiger partial charge is 0.352 e. The standard InChI is InChI=1S/C19H30N4O3/c1-23(10-16(24)20-15-2-3-15)11-17(25)21-18(26)22-19-7-12-4-13(8-19)6-14(5-12)9-19/h12-15H,2-11H2,1H3,(H,20,24)(H2,21,22,25,26). The summed E-state index contributed by atoms with van der Waals surface area (Å²) in [5.74, 6) is 1.80. The van der Waals surface area contributed by atoms with Crippen LogP contribution in [0.2, 0.25) is 0 Å². The minimum Gasteiger partial charge on any atom is -0.352 e. The molecule has 5 fully saturated rings. The summed E-state index contributed by atoms with van der Waals surface area (Å²) < 4.78 is 0. The van der Waals surface area contributed by atoms with Crippen LogP contribution in [-0.2, 0) is 9.59 Å². The molecule has 0 heterocycles. The molecule has 0 spiro atoms. The van der Waals surface area contributed by atoms with Gasteiger partial charge in [-0.2, -0.15) is 0 Å². The summed E-state index contributed by atoms with van der Waals surface area (Å²) in [4.78, 5) is 37.9. The average Bonchev–Trinajstić information content (AvgIpc) is 3.27. The molecule has 5 rings (SSSR count). The van der Waals surface area contributed by atoms with Gasteiger partial charge in [0, 0.05) is 11.6 Å². The van der Waals surface area contributed by atoms with Gasteiger partial charge < -0.3 is 10.6 Å². The third-order valence-electron chi connectivity index (χ3n) is 6.44. The van der Waals surface area contributed by atoms with Crippen LogP contribution in [0.25, 0.3) is 0 Å². The van der Waals surface area contributed by atoms with Crippen LogP contribution in [0.3, 0.4) is 0 Å². The maximum Gasteiger partial charge on any atom is 0.321 e.